The van der Waals surface area contributed by atoms with Crippen molar-refractivity contribution < 1.29 is 0 Å². The van der Waals surface area contributed by atoms with E-state index in [0.717, 1.165) is 49.8 Å². The van der Waals surface area contributed by atoms with Crippen molar-refractivity contribution in [2.24, 2.45) is 0 Å². The average molecular weight is 451 g/mol. The van der Waals surface area contributed by atoms with Gasteiger partial charge in [0.25, 0.3) is 5.56 Å². The van der Waals surface area contributed by atoms with Crippen LogP contribution in [0.15, 0.2) is 35.4 Å². The summed E-state index contributed by atoms with van der Waals surface area (Å²) < 4.78 is 2.02. The van der Waals surface area contributed by atoms with Crippen LogP contribution >= 0.6 is 11.6 Å². The number of H-pyrrole nitrogens is 1. The molecule has 1 aliphatic heterocycles. The molecule has 1 N–H and O–H groups in total. The number of aryl methyl sites for hydroxylation is 2. The number of aromatic nitrogens is 4. The molecular formula is C24H27ClN6O. The van der Waals surface area contributed by atoms with E-state index < -0.39 is 0 Å². The highest BCUT2D eigenvalue weighted by molar-refractivity contribution is 6.31. The predicted octanol–water partition coefficient (Wildman–Crippen LogP) is 3.57. The SMILES string of the molecule is CCN1CCN(c2cc(Cl)cc3c(=O)[nH]c(Cc4cn5cc(C)c(C)cc5n4)nc23)CC1. The van der Waals surface area contributed by atoms with Crippen molar-refractivity contribution in [3.05, 3.63) is 68.6 Å². The van der Waals surface area contributed by atoms with Crippen LogP contribution in [0, 0.1) is 13.8 Å². The molecule has 1 aliphatic rings. The van der Waals surface area contributed by atoms with Crippen LogP contribution in [0.25, 0.3) is 16.6 Å². The number of piperazine rings is 1. The number of aromatic amines is 1. The Morgan fingerprint density at radius 1 is 1.03 bits per heavy atom. The Kier molecular flexibility index (Phi) is 5.39. The zero-order valence-corrected chi connectivity index (χ0v) is 19.4. The zero-order chi connectivity index (χ0) is 22.4. The van der Waals surface area contributed by atoms with Gasteiger partial charge in [-0.1, -0.05) is 18.5 Å². The van der Waals surface area contributed by atoms with E-state index in [9.17, 15) is 4.79 Å². The third kappa shape index (κ3) is 3.87. The fourth-order valence-electron chi connectivity index (χ4n) is 4.41. The summed E-state index contributed by atoms with van der Waals surface area (Å²) >= 11 is 6.38. The molecule has 1 fully saturated rings. The van der Waals surface area contributed by atoms with Crippen molar-refractivity contribution in [1.29, 1.82) is 0 Å². The molecule has 0 spiro atoms. The van der Waals surface area contributed by atoms with E-state index in [4.69, 9.17) is 21.6 Å². The second kappa shape index (κ2) is 8.22. The number of halogens is 1. The molecular weight excluding hydrogens is 424 g/mol. The van der Waals surface area contributed by atoms with E-state index in [1.165, 1.54) is 11.1 Å². The van der Waals surface area contributed by atoms with Gasteiger partial charge in [0.15, 0.2) is 0 Å². The molecule has 3 aromatic heterocycles. The number of likely N-dealkylation sites (N-methyl/N-ethyl adjacent to an activating group) is 1. The standard InChI is InChI=1S/C24H27ClN6O/c1-4-29-5-7-30(8-6-29)20-11-17(25)10-19-23(20)27-21(28-24(19)32)12-18-14-31-13-16(3)15(2)9-22(31)26-18/h9-11,13-14H,4-8,12H2,1-3H3,(H,27,28,32). The normalized spacial score (nSPS) is 15.2. The van der Waals surface area contributed by atoms with Crippen LogP contribution in [-0.4, -0.2) is 57.0 Å². The molecule has 0 saturated carbocycles. The van der Waals surface area contributed by atoms with E-state index in [0.29, 0.717) is 28.2 Å². The number of nitrogens with zero attached hydrogens (tertiary/aromatic N) is 5. The van der Waals surface area contributed by atoms with E-state index >= 15 is 0 Å². The van der Waals surface area contributed by atoms with Gasteiger partial charge in [-0.2, -0.15) is 0 Å². The number of nitrogens with one attached hydrogen (secondary N) is 1. The third-order valence-corrected chi connectivity index (χ3v) is 6.64. The highest BCUT2D eigenvalue weighted by Crippen LogP contribution is 2.29. The Morgan fingerprint density at radius 2 is 1.81 bits per heavy atom. The maximum atomic E-state index is 12.9. The lowest BCUT2D eigenvalue weighted by atomic mass is 10.1. The minimum absolute atomic E-state index is 0.170. The van der Waals surface area contributed by atoms with E-state index in [2.05, 4.69) is 47.8 Å². The van der Waals surface area contributed by atoms with Crippen molar-refractivity contribution in [3.8, 4) is 0 Å². The molecule has 0 radical (unpaired) electrons. The number of hydrogen-bond donors (Lipinski definition) is 1. The molecule has 0 amide bonds. The molecule has 1 saturated heterocycles. The molecule has 0 aliphatic carbocycles. The molecule has 5 rings (SSSR count). The third-order valence-electron chi connectivity index (χ3n) is 6.42. The Hall–Kier alpha value is -2.90. The Bertz CT molecular complexity index is 1330. The fraction of sp³-hybridized carbons (Fsp3) is 0.375. The van der Waals surface area contributed by atoms with Crippen LogP contribution in [0.4, 0.5) is 5.69 Å². The quantitative estimate of drug-likeness (QED) is 0.514. The minimum atomic E-state index is -0.170. The molecule has 7 nitrogen and oxygen atoms in total. The number of anilines is 1. The summed E-state index contributed by atoms with van der Waals surface area (Å²) in [5.41, 5.74) is 5.64. The highest BCUT2D eigenvalue weighted by Gasteiger charge is 2.20. The molecule has 4 aromatic rings. The van der Waals surface area contributed by atoms with Gasteiger partial charge < -0.3 is 19.2 Å². The molecule has 0 atom stereocenters. The molecule has 32 heavy (non-hydrogen) atoms. The van der Waals surface area contributed by atoms with Gasteiger partial charge in [0.2, 0.25) is 0 Å². The van der Waals surface area contributed by atoms with Crippen LogP contribution in [-0.2, 0) is 6.42 Å². The minimum Gasteiger partial charge on any atom is -0.367 e. The second-order valence-electron chi connectivity index (χ2n) is 8.57. The van der Waals surface area contributed by atoms with Crippen molar-refractivity contribution in [2.45, 2.75) is 27.2 Å². The largest absolute Gasteiger partial charge is 0.367 e. The van der Waals surface area contributed by atoms with Gasteiger partial charge >= 0.3 is 0 Å². The first-order chi connectivity index (χ1) is 15.4. The fourth-order valence-corrected chi connectivity index (χ4v) is 4.62. The van der Waals surface area contributed by atoms with Crippen molar-refractivity contribution in [1.82, 2.24) is 24.3 Å². The lowest BCUT2D eigenvalue weighted by Crippen LogP contribution is -2.46. The van der Waals surface area contributed by atoms with Crippen molar-refractivity contribution >= 4 is 33.8 Å². The van der Waals surface area contributed by atoms with Crippen LogP contribution in [0.3, 0.4) is 0 Å². The molecule has 4 heterocycles. The highest BCUT2D eigenvalue weighted by atomic mass is 35.5. The van der Waals surface area contributed by atoms with Gasteiger partial charge in [0.05, 0.1) is 16.8 Å². The number of pyridine rings is 1. The van der Waals surface area contributed by atoms with Crippen LogP contribution < -0.4 is 10.5 Å². The number of rotatable bonds is 4. The van der Waals surface area contributed by atoms with E-state index in [1.54, 1.807) is 6.07 Å². The van der Waals surface area contributed by atoms with Gasteiger partial charge in [0.1, 0.15) is 17.0 Å². The van der Waals surface area contributed by atoms with Gasteiger partial charge in [-0.25, -0.2) is 9.97 Å². The first kappa shape index (κ1) is 21.0. The Balaban J connectivity index is 1.53. The van der Waals surface area contributed by atoms with Crippen molar-refractivity contribution in [3.63, 3.8) is 0 Å². The Labute approximate surface area is 191 Å². The van der Waals surface area contributed by atoms with Crippen LogP contribution in [0.1, 0.15) is 29.6 Å². The number of fused-ring (bicyclic) bond motifs is 2. The summed E-state index contributed by atoms with van der Waals surface area (Å²) in [6.07, 6.45) is 4.53. The summed E-state index contributed by atoms with van der Waals surface area (Å²) in [6.45, 7) is 11.1. The summed E-state index contributed by atoms with van der Waals surface area (Å²) in [5, 5.41) is 1.08. The first-order valence-corrected chi connectivity index (χ1v) is 11.4. The van der Waals surface area contributed by atoms with Crippen LogP contribution in [0.2, 0.25) is 5.02 Å². The summed E-state index contributed by atoms with van der Waals surface area (Å²) in [6, 6.07) is 5.71. The second-order valence-corrected chi connectivity index (χ2v) is 9.01. The van der Waals surface area contributed by atoms with Crippen LogP contribution in [0.5, 0.6) is 0 Å². The summed E-state index contributed by atoms with van der Waals surface area (Å²) in [5.74, 6) is 0.607. The van der Waals surface area contributed by atoms with Gasteiger partial charge in [-0.15, -0.1) is 0 Å². The lowest BCUT2D eigenvalue weighted by Gasteiger charge is -2.35. The smallest absolute Gasteiger partial charge is 0.258 e. The number of imidazole rings is 1. The van der Waals surface area contributed by atoms with Gasteiger partial charge in [-0.3, -0.25) is 4.79 Å². The number of benzene rings is 1. The number of hydrogen-bond acceptors (Lipinski definition) is 5. The summed E-state index contributed by atoms with van der Waals surface area (Å²) in [7, 11) is 0. The first-order valence-electron chi connectivity index (χ1n) is 11.1. The van der Waals surface area contributed by atoms with E-state index in [-0.39, 0.29) is 5.56 Å². The molecule has 0 bridgehead atoms. The predicted molar refractivity (Wildman–Crippen MR) is 129 cm³/mol. The lowest BCUT2D eigenvalue weighted by molar-refractivity contribution is 0.271. The monoisotopic (exact) mass is 450 g/mol. The van der Waals surface area contributed by atoms with Gasteiger partial charge in [-0.05, 0) is 49.7 Å². The maximum Gasteiger partial charge on any atom is 0.258 e. The topological polar surface area (TPSA) is 69.5 Å². The molecule has 8 heteroatoms. The Morgan fingerprint density at radius 3 is 2.56 bits per heavy atom. The zero-order valence-electron chi connectivity index (χ0n) is 18.7. The maximum absolute atomic E-state index is 12.9. The molecule has 166 valence electrons. The molecule has 0 unspecified atom stereocenters. The van der Waals surface area contributed by atoms with E-state index in [1.807, 2.05) is 16.7 Å². The van der Waals surface area contributed by atoms with Crippen molar-refractivity contribution in [2.75, 3.05) is 37.6 Å². The summed E-state index contributed by atoms with van der Waals surface area (Å²) in [4.78, 5) is 30.2. The molecule has 1 aromatic carbocycles. The average Bonchev–Trinajstić information content (AvgIpc) is 3.15. The van der Waals surface area contributed by atoms with Gasteiger partial charge in [0, 0.05) is 50.0 Å².